The molecule has 1 aliphatic rings. The van der Waals surface area contributed by atoms with Crippen molar-refractivity contribution in [3.05, 3.63) is 48.6 Å². The molecule has 6 heteroatoms. The van der Waals surface area contributed by atoms with E-state index in [-0.39, 0.29) is 5.91 Å². The van der Waals surface area contributed by atoms with Gasteiger partial charge in [0.25, 0.3) is 5.91 Å². The molecular weight excluding hydrogens is 310 g/mol. The Morgan fingerprint density at radius 2 is 2.12 bits per heavy atom. The molecule has 1 fully saturated rings. The molecule has 1 N–H and O–H groups in total. The van der Waals surface area contributed by atoms with Crippen LogP contribution in [-0.4, -0.2) is 48.2 Å². The number of carboxylic acid groups (broad SMARTS) is 1. The minimum atomic E-state index is -0.987. The molecule has 1 aromatic rings. The van der Waals surface area contributed by atoms with E-state index in [0.717, 1.165) is 5.56 Å². The zero-order valence-electron chi connectivity index (χ0n) is 13.7. The summed E-state index contributed by atoms with van der Waals surface area (Å²) < 4.78 is 11.0. The maximum Gasteiger partial charge on any atom is 0.326 e. The Bertz CT molecular complexity index is 668. The smallest absolute Gasteiger partial charge is 0.326 e. The first-order valence-corrected chi connectivity index (χ1v) is 7.62. The summed E-state index contributed by atoms with van der Waals surface area (Å²) in [6.07, 6.45) is 4.28. The average molecular weight is 331 g/mol. The summed E-state index contributed by atoms with van der Waals surface area (Å²) in [6.45, 7) is 8.07. The SMILES string of the molecule is C=CCOc1c(CC=C)cc(C(=O)N2CC[C@@H]2C(=O)O)cc1OC. The van der Waals surface area contributed by atoms with Crippen LogP contribution in [0.25, 0.3) is 0 Å². The molecule has 1 aliphatic heterocycles. The summed E-state index contributed by atoms with van der Waals surface area (Å²) in [5.74, 6) is -0.356. The van der Waals surface area contributed by atoms with Crippen molar-refractivity contribution in [3.8, 4) is 11.5 Å². The van der Waals surface area contributed by atoms with Gasteiger partial charge in [0.2, 0.25) is 0 Å². The summed E-state index contributed by atoms with van der Waals surface area (Å²) in [7, 11) is 1.49. The maximum absolute atomic E-state index is 12.6. The minimum Gasteiger partial charge on any atom is -0.493 e. The van der Waals surface area contributed by atoms with Crippen molar-refractivity contribution in [2.75, 3.05) is 20.3 Å². The van der Waals surface area contributed by atoms with E-state index < -0.39 is 12.0 Å². The molecule has 1 aromatic carbocycles. The van der Waals surface area contributed by atoms with Crippen molar-refractivity contribution < 1.29 is 24.2 Å². The molecule has 24 heavy (non-hydrogen) atoms. The van der Waals surface area contributed by atoms with Crippen LogP contribution in [0.4, 0.5) is 0 Å². The van der Waals surface area contributed by atoms with Gasteiger partial charge < -0.3 is 19.5 Å². The fourth-order valence-electron chi connectivity index (χ4n) is 2.60. The highest BCUT2D eigenvalue weighted by atomic mass is 16.5. The maximum atomic E-state index is 12.6. The highest BCUT2D eigenvalue weighted by Crippen LogP contribution is 2.35. The van der Waals surface area contributed by atoms with Crippen LogP contribution in [0.3, 0.4) is 0 Å². The summed E-state index contributed by atoms with van der Waals surface area (Å²) in [5, 5.41) is 9.12. The number of methoxy groups -OCH3 is 1. The number of rotatable bonds is 8. The number of allylic oxidation sites excluding steroid dienone is 1. The van der Waals surface area contributed by atoms with E-state index in [0.29, 0.717) is 43.1 Å². The zero-order valence-corrected chi connectivity index (χ0v) is 13.7. The number of benzene rings is 1. The first-order valence-electron chi connectivity index (χ1n) is 7.62. The Labute approximate surface area is 141 Å². The Balaban J connectivity index is 2.38. The summed E-state index contributed by atoms with van der Waals surface area (Å²) in [4.78, 5) is 25.1. The fraction of sp³-hybridized carbons (Fsp3) is 0.333. The molecule has 0 saturated carbocycles. The van der Waals surface area contributed by atoms with Gasteiger partial charge in [-0.15, -0.1) is 6.58 Å². The van der Waals surface area contributed by atoms with Crippen LogP contribution in [0, 0.1) is 0 Å². The zero-order chi connectivity index (χ0) is 17.7. The van der Waals surface area contributed by atoms with Gasteiger partial charge in [0.1, 0.15) is 12.6 Å². The second-order valence-electron chi connectivity index (χ2n) is 5.40. The van der Waals surface area contributed by atoms with Crippen molar-refractivity contribution >= 4 is 11.9 Å². The lowest BCUT2D eigenvalue weighted by molar-refractivity contribution is -0.146. The predicted molar refractivity (Wildman–Crippen MR) is 89.7 cm³/mol. The van der Waals surface area contributed by atoms with Crippen LogP contribution in [0.15, 0.2) is 37.4 Å². The number of likely N-dealkylation sites (tertiary alicyclic amines) is 1. The van der Waals surface area contributed by atoms with E-state index in [1.807, 2.05) is 0 Å². The number of hydrogen-bond donors (Lipinski definition) is 1. The Morgan fingerprint density at radius 1 is 1.38 bits per heavy atom. The van der Waals surface area contributed by atoms with Crippen molar-refractivity contribution in [2.24, 2.45) is 0 Å². The number of aliphatic carboxylic acids is 1. The van der Waals surface area contributed by atoms with Crippen molar-refractivity contribution in [1.82, 2.24) is 4.90 Å². The predicted octanol–water partition coefficient (Wildman–Crippen LogP) is 2.29. The molecule has 1 saturated heterocycles. The lowest BCUT2D eigenvalue weighted by Crippen LogP contribution is -2.55. The molecule has 1 heterocycles. The third kappa shape index (κ3) is 3.42. The third-order valence-electron chi connectivity index (χ3n) is 3.87. The highest BCUT2D eigenvalue weighted by Gasteiger charge is 2.38. The first-order chi connectivity index (χ1) is 11.5. The molecule has 0 aliphatic carbocycles. The third-order valence-corrected chi connectivity index (χ3v) is 3.87. The van der Waals surface area contributed by atoms with Gasteiger partial charge in [-0.1, -0.05) is 18.7 Å². The number of amides is 1. The van der Waals surface area contributed by atoms with E-state index in [1.54, 1.807) is 24.3 Å². The molecule has 0 bridgehead atoms. The number of hydrogen-bond acceptors (Lipinski definition) is 4. The van der Waals surface area contributed by atoms with Crippen molar-refractivity contribution in [1.29, 1.82) is 0 Å². The molecule has 0 unspecified atom stereocenters. The molecule has 0 aromatic heterocycles. The average Bonchev–Trinajstić information content (AvgIpc) is 2.51. The molecule has 0 radical (unpaired) electrons. The number of carbonyl (C=O) groups excluding carboxylic acids is 1. The topological polar surface area (TPSA) is 76.1 Å². The van der Waals surface area contributed by atoms with Crippen LogP contribution >= 0.6 is 0 Å². The molecule has 128 valence electrons. The highest BCUT2D eigenvalue weighted by molar-refractivity contribution is 5.98. The second kappa shape index (κ2) is 7.68. The number of ether oxygens (including phenoxy) is 2. The number of carboxylic acids is 1. The van der Waals surface area contributed by atoms with Crippen molar-refractivity contribution in [3.63, 3.8) is 0 Å². The van der Waals surface area contributed by atoms with Gasteiger partial charge in [0.15, 0.2) is 11.5 Å². The van der Waals surface area contributed by atoms with Crippen LogP contribution in [0.5, 0.6) is 11.5 Å². The fourth-order valence-corrected chi connectivity index (χ4v) is 2.60. The molecule has 2 rings (SSSR count). The molecule has 0 spiro atoms. The summed E-state index contributed by atoms with van der Waals surface area (Å²) in [6, 6.07) is 2.51. The van der Waals surface area contributed by atoms with Gasteiger partial charge in [-0.05, 0) is 25.0 Å². The molecule has 1 amide bonds. The van der Waals surface area contributed by atoms with Crippen LogP contribution in [-0.2, 0) is 11.2 Å². The first kappa shape index (κ1) is 17.6. The van der Waals surface area contributed by atoms with Gasteiger partial charge in [0, 0.05) is 17.7 Å². The van der Waals surface area contributed by atoms with Gasteiger partial charge in [-0.25, -0.2) is 4.79 Å². The standard InChI is InChI=1S/C18H21NO5/c1-4-6-12-10-13(11-15(23-3)16(12)24-9-5-2)17(20)19-8-7-14(19)18(21)22/h4-5,10-11,14H,1-2,6-9H2,3H3,(H,21,22)/t14-/m1/s1. The van der Waals surface area contributed by atoms with E-state index in [2.05, 4.69) is 13.2 Å². The minimum absolute atomic E-state index is 0.307. The second-order valence-corrected chi connectivity index (χ2v) is 5.40. The summed E-state index contributed by atoms with van der Waals surface area (Å²) in [5.41, 5.74) is 1.13. The van der Waals surface area contributed by atoms with Crippen LogP contribution in [0.2, 0.25) is 0 Å². The molecule has 6 nitrogen and oxygen atoms in total. The number of carbonyl (C=O) groups is 2. The van der Waals surface area contributed by atoms with Gasteiger partial charge >= 0.3 is 5.97 Å². The van der Waals surface area contributed by atoms with Crippen LogP contribution in [0.1, 0.15) is 22.3 Å². The van der Waals surface area contributed by atoms with Crippen molar-refractivity contribution in [2.45, 2.75) is 18.9 Å². The lowest BCUT2D eigenvalue weighted by Gasteiger charge is -2.38. The quantitative estimate of drug-likeness (QED) is 0.740. The van der Waals surface area contributed by atoms with E-state index >= 15 is 0 Å². The van der Waals surface area contributed by atoms with Gasteiger partial charge in [-0.3, -0.25) is 4.79 Å². The monoisotopic (exact) mass is 331 g/mol. The van der Waals surface area contributed by atoms with Gasteiger partial charge in [0.05, 0.1) is 7.11 Å². The largest absolute Gasteiger partial charge is 0.493 e. The Kier molecular flexibility index (Phi) is 5.63. The van der Waals surface area contributed by atoms with E-state index in [1.165, 1.54) is 12.0 Å². The summed E-state index contributed by atoms with van der Waals surface area (Å²) >= 11 is 0. The molecular formula is C18H21NO5. The normalized spacial score (nSPS) is 16.0. The Morgan fingerprint density at radius 3 is 2.62 bits per heavy atom. The molecule has 1 atom stereocenters. The van der Waals surface area contributed by atoms with Crippen LogP contribution < -0.4 is 9.47 Å². The lowest BCUT2D eigenvalue weighted by atomic mass is 9.99. The van der Waals surface area contributed by atoms with Gasteiger partial charge in [-0.2, -0.15) is 0 Å². The Hall–Kier alpha value is -2.76. The van der Waals surface area contributed by atoms with E-state index in [4.69, 9.17) is 14.6 Å². The number of nitrogens with zero attached hydrogens (tertiary/aromatic N) is 1. The van der Waals surface area contributed by atoms with E-state index in [9.17, 15) is 9.59 Å².